The predicted molar refractivity (Wildman–Crippen MR) is 113 cm³/mol. The lowest BCUT2D eigenvalue weighted by molar-refractivity contribution is -0.118. The smallest absolute Gasteiger partial charge is 0.263 e. The Balaban J connectivity index is 1.26. The molecule has 4 rings (SSSR count). The Kier molecular flexibility index (Phi) is 5.85. The van der Waals surface area contributed by atoms with E-state index in [-0.39, 0.29) is 12.5 Å². The molecule has 1 N–H and O–H groups in total. The second-order valence-corrected chi connectivity index (χ2v) is 6.74. The minimum Gasteiger partial charge on any atom is -0.484 e. The lowest BCUT2D eigenvalue weighted by atomic mass is 10.2. The summed E-state index contributed by atoms with van der Waals surface area (Å²) in [5.41, 5.74) is 1.24. The fourth-order valence-corrected chi connectivity index (χ4v) is 3.24. The normalized spacial score (nSPS) is 13.8. The lowest BCUT2D eigenvalue weighted by Gasteiger charge is -2.36. The number of ether oxygens (including phenoxy) is 1. The molecular formula is C22H23N5O2. The molecule has 1 aliphatic heterocycles. The van der Waals surface area contributed by atoms with Crippen molar-refractivity contribution in [3.63, 3.8) is 0 Å². The number of piperazine rings is 1. The molecule has 7 nitrogen and oxygen atoms in total. The van der Waals surface area contributed by atoms with E-state index in [1.54, 1.807) is 18.2 Å². The van der Waals surface area contributed by atoms with Gasteiger partial charge in [0.25, 0.3) is 5.91 Å². The Morgan fingerprint density at radius 2 is 1.48 bits per heavy atom. The van der Waals surface area contributed by atoms with Crippen LogP contribution in [-0.4, -0.2) is 48.9 Å². The quantitative estimate of drug-likeness (QED) is 0.699. The molecule has 0 aliphatic carbocycles. The molecule has 0 bridgehead atoms. The van der Waals surface area contributed by atoms with Crippen molar-refractivity contribution in [3.8, 4) is 5.75 Å². The van der Waals surface area contributed by atoms with Gasteiger partial charge < -0.3 is 19.9 Å². The number of hydrogen-bond acceptors (Lipinski definition) is 6. The zero-order valence-corrected chi connectivity index (χ0v) is 16.1. The van der Waals surface area contributed by atoms with Crippen molar-refractivity contribution >= 4 is 23.2 Å². The first-order valence-electron chi connectivity index (χ1n) is 9.64. The van der Waals surface area contributed by atoms with Gasteiger partial charge in [-0.25, -0.2) is 0 Å². The number of para-hydroxylation sites is 2. The van der Waals surface area contributed by atoms with E-state index in [1.165, 1.54) is 5.69 Å². The van der Waals surface area contributed by atoms with Crippen molar-refractivity contribution < 1.29 is 9.53 Å². The van der Waals surface area contributed by atoms with Crippen LogP contribution in [-0.2, 0) is 4.79 Å². The Morgan fingerprint density at radius 3 is 2.14 bits per heavy atom. The molecule has 148 valence electrons. The van der Waals surface area contributed by atoms with Crippen LogP contribution in [0.25, 0.3) is 0 Å². The van der Waals surface area contributed by atoms with Crippen LogP contribution in [0.4, 0.5) is 17.3 Å². The second-order valence-electron chi connectivity index (χ2n) is 6.74. The average molecular weight is 389 g/mol. The summed E-state index contributed by atoms with van der Waals surface area (Å²) >= 11 is 0. The maximum absolute atomic E-state index is 12.0. The predicted octanol–water partition coefficient (Wildman–Crippen LogP) is 2.82. The number of nitrogens with zero attached hydrogens (tertiary/aromatic N) is 4. The van der Waals surface area contributed by atoms with E-state index in [4.69, 9.17) is 4.74 Å². The molecule has 1 fully saturated rings. The van der Waals surface area contributed by atoms with Gasteiger partial charge in [-0.3, -0.25) is 4.79 Å². The van der Waals surface area contributed by atoms with E-state index in [2.05, 4.69) is 49.6 Å². The summed E-state index contributed by atoms with van der Waals surface area (Å²) in [6.45, 7) is 3.54. The molecule has 1 aromatic heterocycles. The van der Waals surface area contributed by atoms with Crippen molar-refractivity contribution in [1.29, 1.82) is 0 Å². The average Bonchev–Trinajstić information content (AvgIpc) is 2.80. The van der Waals surface area contributed by atoms with Crippen LogP contribution in [0, 0.1) is 0 Å². The van der Waals surface area contributed by atoms with Crippen LogP contribution < -0.4 is 19.9 Å². The highest BCUT2D eigenvalue weighted by Crippen LogP contribution is 2.19. The molecule has 0 unspecified atom stereocenters. The van der Waals surface area contributed by atoms with Crippen LogP contribution in [0.2, 0.25) is 0 Å². The number of hydrogen-bond donors (Lipinski definition) is 1. The molecule has 0 radical (unpaired) electrons. The fourth-order valence-electron chi connectivity index (χ4n) is 3.24. The zero-order chi connectivity index (χ0) is 19.9. The maximum Gasteiger partial charge on any atom is 0.263 e. The van der Waals surface area contributed by atoms with Crippen molar-refractivity contribution in [2.24, 2.45) is 0 Å². The van der Waals surface area contributed by atoms with E-state index in [0.717, 1.165) is 32.0 Å². The second kappa shape index (κ2) is 9.05. The summed E-state index contributed by atoms with van der Waals surface area (Å²) in [5, 5.41) is 11.1. The van der Waals surface area contributed by atoms with Gasteiger partial charge in [0.1, 0.15) is 5.75 Å². The topological polar surface area (TPSA) is 70.6 Å². The van der Waals surface area contributed by atoms with Crippen LogP contribution in [0.5, 0.6) is 5.75 Å². The van der Waals surface area contributed by atoms with Crippen LogP contribution in [0.15, 0.2) is 72.8 Å². The molecule has 1 saturated heterocycles. The minimum atomic E-state index is -0.271. The third-order valence-electron chi connectivity index (χ3n) is 4.76. The van der Waals surface area contributed by atoms with Gasteiger partial charge in [-0.05, 0) is 36.4 Å². The van der Waals surface area contributed by atoms with E-state index in [9.17, 15) is 4.79 Å². The number of rotatable bonds is 6. The minimum absolute atomic E-state index is 0.0745. The summed E-state index contributed by atoms with van der Waals surface area (Å²) in [6, 6.07) is 23.3. The first-order valence-corrected chi connectivity index (χ1v) is 9.64. The van der Waals surface area contributed by atoms with Crippen molar-refractivity contribution in [2.75, 3.05) is 47.9 Å². The molecule has 3 aromatic rings. The molecule has 2 heterocycles. The van der Waals surface area contributed by atoms with E-state index in [1.807, 2.05) is 30.3 Å². The summed E-state index contributed by atoms with van der Waals surface area (Å²) in [7, 11) is 0. The SMILES string of the molecule is O=C(COc1ccccc1)Nc1ccc(N2CCN(c3ccccc3)CC2)nn1. The molecule has 2 aromatic carbocycles. The number of carbonyl (C=O) groups excluding carboxylic acids is 1. The van der Waals surface area contributed by atoms with E-state index >= 15 is 0 Å². The Labute approximate surface area is 169 Å². The molecule has 0 spiro atoms. The van der Waals surface area contributed by atoms with Crippen molar-refractivity contribution in [2.45, 2.75) is 0 Å². The van der Waals surface area contributed by atoms with E-state index < -0.39 is 0 Å². The Hall–Kier alpha value is -3.61. The molecular weight excluding hydrogens is 366 g/mol. The number of carbonyl (C=O) groups is 1. The summed E-state index contributed by atoms with van der Waals surface area (Å²) in [5.74, 6) is 1.61. The highest BCUT2D eigenvalue weighted by molar-refractivity contribution is 5.90. The van der Waals surface area contributed by atoms with Gasteiger partial charge in [-0.1, -0.05) is 36.4 Å². The Morgan fingerprint density at radius 1 is 0.828 bits per heavy atom. The lowest BCUT2D eigenvalue weighted by Crippen LogP contribution is -2.46. The molecule has 29 heavy (non-hydrogen) atoms. The van der Waals surface area contributed by atoms with Gasteiger partial charge in [0.2, 0.25) is 0 Å². The maximum atomic E-state index is 12.0. The third kappa shape index (κ3) is 5.01. The highest BCUT2D eigenvalue weighted by atomic mass is 16.5. The third-order valence-corrected chi connectivity index (χ3v) is 4.76. The van der Waals surface area contributed by atoms with Gasteiger partial charge in [-0.2, -0.15) is 0 Å². The number of nitrogens with one attached hydrogen (secondary N) is 1. The van der Waals surface area contributed by atoms with Gasteiger partial charge in [0.15, 0.2) is 18.2 Å². The Bertz CT molecular complexity index is 911. The van der Waals surface area contributed by atoms with Crippen molar-refractivity contribution in [3.05, 3.63) is 72.8 Å². The van der Waals surface area contributed by atoms with Crippen LogP contribution in [0.3, 0.4) is 0 Å². The number of anilines is 3. The fraction of sp³-hybridized carbons (Fsp3) is 0.227. The summed E-state index contributed by atoms with van der Waals surface area (Å²) in [4.78, 5) is 16.6. The number of benzene rings is 2. The summed E-state index contributed by atoms with van der Waals surface area (Å²) in [6.07, 6.45) is 0. The van der Waals surface area contributed by atoms with Gasteiger partial charge in [0.05, 0.1) is 0 Å². The molecule has 0 atom stereocenters. The van der Waals surface area contributed by atoms with Gasteiger partial charge >= 0.3 is 0 Å². The monoisotopic (exact) mass is 389 g/mol. The highest BCUT2D eigenvalue weighted by Gasteiger charge is 2.18. The largest absolute Gasteiger partial charge is 0.484 e. The van der Waals surface area contributed by atoms with Crippen LogP contribution in [0.1, 0.15) is 0 Å². The number of aromatic nitrogens is 2. The molecule has 1 aliphatic rings. The molecule has 7 heteroatoms. The molecule has 1 amide bonds. The standard InChI is InChI=1S/C22H23N5O2/c28-22(17-29-19-9-5-2-6-10-19)23-20-11-12-21(25-24-20)27-15-13-26(14-16-27)18-7-3-1-4-8-18/h1-12H,13-17H2,(H,23,24,28). The molecule has 0 saturated carbocycles. The van der Waals surface area contributed by atoms with Crippen molar-refractivity contribution in [1.82, 2.24) is 10.2 Å². The van der Waals surface area contributed by atoms with E-state index in [0.29, 0.717) is 11.6 Å². The first kappa shape index (κ1) is 18.7. The van der Waals surface area contributed by atoms with Gasteiger partial charge in [0, 0.05) is 31.9 Å². The number of amides is 1. The van der Waals surface area contributed by atoms with Gasteiger partial charge in [-0.15, -0.1) is 10.2 Å². The van der Waals surface area contributed by atoms with Crippen LogP contribution >= 0.6 is 0 Å². The zero-order valence-electron chi connectivity index (χ0n) is 16.1. The summed E-state index contributed by atoms with van der Waals surface area (Å²) < 4.78 is 5.43. The first-order chi connectivity index (χ1) is 14.3.